The van der Waals surface area contributed by atoms with Gasteiger partial charge in [0.2, 0.25) is 0 Å². The molecule has 5 nitrogen and oxygen atoms in total. The van der Waals surface area contributed by atoms with Crippen molar-refractivity contribution in [2.75, 3.05) is 6.54 Å². The highest BCUT2D eigenvalue weighted by Crippen LogP contribution is 2.29. The minimum Gasteiger partial charge on any atom is -0.463 e. The van der Waals surface area contributed by atoms with Crippen LogP contribution in [0.25, 0.3) is 11.5 Å². The van der Waals surface area contributed by atoms with Crippen molar-refractivity contribution in [2.24, 2.45) is 5.92 Å². The molecular weight excluding hydrogens is 278 g/mol. The van der Waals surface area contributed by atoms with Crippen molar-refractivity contribution in [3.63, 3.8) is 0 Å². The Bertz CT molecular complexity index is 780. The first-order valence-corrected chi connectivity index (χ1v) is 7.56. The van der Waals surface area contributed by atoms with E-state index < -0.39 is 0 Å². The Hall–Kier alpha value is -2.32. The molecule has 3 rings (SSSR count). The van der Waals surface area contributed by atoms with E-state index in [2.05, 4.69) is 25.2 Å². The average molecular weight is 297 g/mol. The molecule has 1 aliphatic heterocycles. The molecule has 2 aromatic rings. The van der Waals surface area contributed by atoms with Gasteiger partial charge < -0.3 is 14.3 Å². The highest BCUT2D eigenvalue weighted by Gasteiger charge is 2.25. The maximum atomic E-state index is 12.8. The quantitative estimate of drug-likeness (QED) is 0.943. The number of fused-ring (bicyclic) bond motifs is 1. The number of nitriles is 1. The van der Waals surface area contributed by atoms with E-state index in [9.17, 15) is 10.1 Å². The van der Waals surface area contributed by atoms with Crippen LogP contribution in [0.3, 0.4) is 0 Å². The van der Waals surface area contributed by atoms with Crippen LogP contribution in [-0.2, 0) is 19.5 Å². The zero-order valence-electron chi connectivity index (χ0n) is 12.8. The largest absolute Gasteiger partial charge is 0.463 e. The van der Waals surface area contributed by atoms with Gasteiger partial charge in [-0.1, -0.05) is 13.8 Å². The molecule has 2 aromatic heterocycles. The summed E-state index contributed by atoms with van der Waals surface area (Å²) in [5.41, 5.74) is 2.77. The number of pyridine rings is 1. The lowest BCUT2D eigenvalue weighted by Crippen LogP contribution is -2.34. The highest BCUT2D eigenvalue weighted by atomic mass is 16.3. The summed E-state index contributed by atoms with van der Waals surface area (Å²) in [6.07, 6.45) is 2.31. The third-order valence-corrected chi connectivity index (χ3v) is 3.95. The molecule has 0 aliphatic carbocycles. The second-order valence-electron chi connectivity index (χ2n) is 6.01. The highest BCUT2D eigenvalue weighted by molar-refractivity contribution is 5.63. The number of rotatable bonds is 3. The van der Waals surface area contributed by atoms with E-state index in [4.69, 9.17) is 4.42 Å². The molecule has 0 unspecified atom stereocenters. The third kappa shape index (κ3) is 2.36. The van der Waals surface area contributed by atoms with Crippen LogP contribution in [0.5, 0.6) is 0 Å². The van der Waals surface area contributed by atoms with Crippen LogP contribution in [0.15, 0.2) is 27.6 Å². The molecule has 0 aromatic carbocycles. The fourth-order valence-electron chi connectivity index (χ4n) is 3.07. The Morgan fingerprint density at radius 2 is 2.27 bits per heavy atom. The fourth-order valence-corrected chi connectivity index (χ4v) is 3.07. The van der Waals surface area contributed by atoms with E-state index >= 15 is 0 Å². The summed E-state index contributed by atoms with van der Waals surface area (Å²) in [5.74, 6) is 0.981. The predicted molar refractivity (Wildman–Crippen MR) is 83.4 cm³/mol. The van der Waals surface area contributed by atoms with E-state index in [0.717, 1.165) is 23.4 Å². The molecule has 0 saturated heterocycles. The van der Waals surface area contributed by atoms with Crippen molar-refractivity contribution >= 4 is 0 Å². The number of nitrogens with one attached hydrogen (secondary N) is 1. The first-order chi connectivity index (χ1) is 10.6. The van der Waals surface area contributed by atoms with E-state index in [1.54, 1.807) is 10.8 Å². The Morgan fingerprint density at radius 1 is 1.45 bits per heavy atom. The zero-order chi connectivity index (χ0) is 15.7. The minimum absolute atomic E-state index is 0.205. The average Bonchev–Trinajstić information content (AvgIpc) is 3.02. The van der Waals surface area contributed by atoms with Gasteiger partial charge in [0.15, 0.2) is 5.76 Å². The number of hydrogen-bond acceptors (Lipinski definition) is 4. The molecule has 22 heavy (non-hydrogen) atoms. The van der Waals surface area contributed by atoms with Gasteiger partial charge in [-0.2, -0.15) is 5.26 Å². The molecule has 0 atom stereocenters. The van der Waals surface area contributed by atoms with Gasteiger partial charge in [-0.05, 0) is 42.1 Å². The summed E-state index contributed by atoms with van der Waals surface area (Å²) in [5, 5.41) is 12.8. The lowest BCUT2D eigenvalue weighted by molar-refractivity contribution is 0.496. The van der Waals surface area contributed by atoms with Crippen molar-refractivity contribution in [1.82, 2.24) is 9.88 Å². The number of nitrogens with zero attached hydrogens (tertiary/aromatic N) is 2. The Balaban J connectivity index is 2.37. The number of aromatic nitrogens is 1. The number of furan rings is 1. The summed E-state index contributed by atoms with van der Waals surface area (Å²) in [6.45, 7) is 6.12. The zero-order valence-corrected chi connectivity index (χ0v) is 12.8. The molecule has 0 radical (unpaired) electrons. The van der Waals surface area contributed by atoms with Crippen LogP contribution in [0.4, 0.5) is 0 Å². The SMILES string of the molecule is CC(C)Cn1c(-c2ccco2)c2c(c(C#N)c1=O)CCNC2. The van der Waals surface area contributed by atoms with E-state index in [-0.39, 0.29) is 11.1 Å². The molecular formula is C17H19N3O2. The van der Waals surface area contributed by atoms with Crippen molar-refractivity contribution in [3.8, 4) is 17.5 Å². The summed E-state index contributed by atoms with van der Waals surface area (Å²) in [7, 11) is 0. The van der Waals surface area contributed by atoms with Crippen LogP contribution < -0.4 is 10.9 Å². The van der Waals surface area contributed by atoms with E-state index in [0.29, 0.717) is 31.2 Å². The normalized spacial score (nSPS) is 13.9. The van der Waals surface area contributed by atoms with Gasteiger partial charge >= 0.3 is 0 Å². The van der Waals surface area contributed by atoms with Gasteiger partial charge in [0, 0.05) is 13.1 Å². The molecule has 0 amide bonds. The number of hydrogen-bond donors (Lipinski definition) is 1. The van der Waals surface area contributed by atoms with Crippen molar-refractivity contribution in [2.45, 2.75) is 33.4 Å². The molecule has 0 spiro atoms. The molecule has 0 bridgehead atoms. The topological polar surface area (TPSA) is 71.0 Å². The monoisotopic (exact) mass is 297 g/mol. The first kappa shape index (κ1) is 14.6. The summed E-state index contributed by atoms with van der Waals surface area (Å²) in [6, 6.07) is 5.81. The maximum Gasteiger partial charge on any atom is 0.269 e. The van der Waals surface area contributed by atoms with Gasteiger partial charge in [-0.25, -0.2) is 0 Å². The van der Waals surface area contributed by atoms with Gasteiger partial charge in [0.1, 0.15) is 11.6 Å². The van der Waals surface area contributed by atoms with Crippen LogP contribution in [0.1, 0.15) is 30.5 Å². The van der Waals surface area contributed by atoms with Crippen molar-refractivity contribution in [3.05, 3.63) is 45.4 Å². The second kappa shape index (κ2) is 5.82. The molecule has 0 saturated carbocycles. The Morgan fingerprint density at radius 3 is 2.91 bits per heavy atom. The third-order valence-electron chi connectivity index (χ3n) is 3.95. The van der Waals surface area contributed by atoms with Crippen LogP contribution >= 0.6 is 0 Å². The fraction of sp³-hybridized carbons (Fsp3) is 0.412. The van der Waals surface area contributed by atoms with Gasteiger partial charge in [0.25, 0.3) is 5.56 Å². The standard InChI is InChI=1S/C17H19N3O2/c1-11(2)10-20-16(15-4-3-7-22-15)14-9-19-6-5-12(14)13(8-18)17(20)21/h3-4,7,11,19H,5-6,9-10H2,1-2H3. The van der Waals surface area contributed by atoms with Crippen LogP contribution in [-0.4, -0.2) is 11.1 Å². The molecule has 3 heterocycles. The smallest absolute Gasteiger partial charge is 0.269 e. The molecule has 5 heteroatoms. The first-order valence-electron chi connectivity index (χ1n) is 7.56. The van der Waals surface area contributed by atoms with Gasteiger partial charge in [0.05, 0.1) is 12.0 Å². The summed E-state index contributed by atoms with van der Waals surface area (Å²) < 4.78 is 7.27. The molecule has 1 N–H and O–H groups in total. The van der Waals surface area contributed by atoms with Crippen molar-refractivity contribution < 1.29 is 4.42 Å². The molecule has 0 fully saturated rings. The lowest BCUT2D eigenvalue weighted by atomic mass is 9.94. The van der Waals surface area contributed by atoms with Gasteiger partial charge in [-0.3, -0.25) is 4.79 Å². The minimum atomic E-state index is -0.205. The van der Waals surface area contributed by atoms with E-state index in [1.807, 2.05) is 12.1 Å². The Kier molecular flexibility index (Phi) is 3.86. The van der Waals surface area contributed by atoms with Gasteiger partial charge in [-0.15, -0.1) is 0 Å². The van der Waals surface area contributed by atoms with Crippen LogP contribution in [0.2, 0.25) is 0 Å². The lowest BCUT2D eigenvalue weighted by Gasteiger charge is -2.24. The molecule has 114 valence electrons. The molecule has 1 aliphatic rings. The summed E-state index contributed by atoms with van der Waals surface area (Å²) in [4.78, 5) is 12.8. The second-order valence-corrected chi connectivity index (χ2v) is 6.01. The predicted octanol–water partition coefficient (Wildman–Crippen LogP) is 2.28. The Labute approximate surface area is 129 Å². The summed E-state index contributed by atoms with van der Waals surface area (Å²) >= 11 is 0. The van der Waals surface area contributed by atoms with Crippen molar-refractivity contribution in [1.29, 1.82) is 5.26 Å². The maximum absolute atomic E-state index is 12.8. The van der Waals surface area contributed by atoms with E-state index in [1.165, 1.54) is 0 Å². The van der Waals surface area contributed by atoms with Crippen LogP contribution in [0, 0.1) is 17.2 Å².